The molecule has 1 aromatic carbocycles. The molecule has 0 saturated carbocycles. The average molecular weight is 308 g/mol. The van der Waals surface area contributed by atoms with Crippen LogP contribution in [0.1, 0.15) is 39.8 Å². The van der Waals surface area contributed by atoms with Crippen molar-refractivity contribution in [1.82, 2.24) is 19.6 Å². The Balaban J connectivity index is 1.72. The first-order chi connectivity index (χ1) is 11.1. The van der Waals surface area contributed by atoms with Gasteiger partial charge in [-0.1, -0.05) is 12.1 Å². The molecule has 0 spiro atoms. The van der Waals surface area contributed by atoms with Gasteiger partial charge in [-0.25, -0.2) is 9.50 Å². The molecule has 0 N–H and O–H groups in total. The minimum Gasteiger partial charge on any atom is -0.497 e. The quantitative estimate of drug-likeness (QED) is 0.727. The fourth-order valence-corrected chi connectivity index (χ4v) is 3.10. The van der Waals surface area contributed by atoms with E-state index in [1.807, 2.05) is 31.2 Å². The summed E-state index contributed by atoms with van der Waals surface area (Å²) in [6.07, 6.45) is 2.97. The van der Waals surface area contributed by atoms with E-state index in [2.05, 4.69) is 15.1 Å². The summed E-state index contributed by atoms with van der Waals surface area (Å²) < 4.78 is 6.77. The molecule has 3 aromatic rings. The number of carbonyl (C=O) groups excluding carboxylic acids is 1. The third kappa shape index (κ3) is 2.36. The minimum atomic E-state index is 0.106. The summed E-state index contributed by atoms with van der Waals surface area (Å²) in [6, 6.07) is 7.88. The van der Waals surface area contributed by atoms with Crippen LogP contribution < -0.4 is 4.74 Å². The van der Waals surface area contributed by atoms with Crippen LogP contribution in [0.15, 0.2) is 30.5 Å². The third-order valence-electron chi connectivity index (χ3n) is 4.28. The lowest BCUT2D eigenvalue weighted by Gasteiger charge is -2.23. The molecule has 1 atom stereocenters. The van der Waals surface area contributed by atoms with Gasteiger partial charge in [0.1, 0.15) is 11.6 Å². The fourth-order valence-electron chi connectivity index (χ4n) is 3.10. The Hall–Kier alpha value is -2.76. The van der Waals surface area contributed by atoms with Crippen molar-refractivity contribution in [1.29, 1.82) is 0 Å². The summed E-state index contributed by atoms with van der Waals surface area (Å²) in [5.74, 6) is 2.26. The van der Waals surface area contributed by atoms with E-state index in [0.717, 1.165) is 23.4 Å². The predicted molar refractivity (Wildman–Crippen MR) is 83.9 cm³/mol. The topological polar surface area (TPSA) is 69.4 Å². The third-order valence-corrected chi connectivity index (χ3v) is 4.28. The molecule has 6 nitrogen and oxygen atoms in total. The van der Waals surface area contributed by atoms with Crippen molar-refractivity contribution in [2.75, 3.05) is 7.11 Å². The van der Waals surface area contributed by atoms with Crippen molar-refractivity contribution >= 4 is 11.6 Å². The number of fused-ring (bicyclic) bond motifs is 2. The first-order valence-electron chi connectivity index (χ1n) is 7.54. The molecule has 116 valence electrons. The van der Waals surface area contributed by atoms with Gasteiger partial charge in [0.2, 0.25) is 0 Å². The summed E-state index contributed by atoms with van der Waals surface area (Å²) in [4.78, 5) is 21.3. The molecule has 0 bridgehead atoms. The molecule has 0 aliphatic heterocycles. The van der Waals surface area contributed by atoms with Crippen LogP contribution in [0.2, 0.25) is 0 Å². The van der Waals surface area contributed by atoms with Crippen molar-refractivity contribution in [2.45, 2.75) is 25.7 Å². The van der Waals surface area contributed by atoms with E-state index in [-0.39, 0.29) is 11.7 Å². The van der Waals surface area contributed by atoms with E-state index in [9.17, 15) is 4.79 Å². The molecule has 0 fully saturated rings. The SMILES string of the molecule is COc1ccc(C2CC(=O)c3cn4nc(C)nc4nc3C2)cc1. The van der Waals surface area contributed by atoms with Crippen LogP contribution >= 0.6 is 0 Å². The maximum atomic E-state index is 12.5. The molecule has 1 aliphatic carbocycles. The lowest BCUT2D eigenvalue weighted by Crippen LogP contribution is -2.21. The van der Waals surface area contributed by atoms with Gasteiger partial charge in [-0.05, 0) is 37.0 Å². The van der Waals surface area contributed by atoms with Gasteiger partial charge in [0, 0.05) is 12.6 Å². The van der Waals surface area contributed by atoms with Gasteiger partial charge in [0.15, 0.2) is 5.78 Å². The highest BCUT2D eigenvalue weighted by Crippen LogP contribution is 2.32. The van der Waals surface area contributed by atoms with Crippen LogP contribution in [-0.4, -0.2) is 32.5 Å². The van der Waals surface area contributed by atoms with E-state index in [1.54, 1.807) is 17.8 Å². The second-order valence-electron chi connectivity index (χ2n) is 5.81. The van der Waals surface area contributed by atoms with Crippen molar-refractivity contribution in [3.8, 4) is 5.75 Å². The zero-order valence-electron chi connectivity index (χ0n) is 13.0. The highest BCUT2D eigenvalue weighted by Gasteiger charge is 2.28. The first-order valence-corrected chi connectivity index (χ1v) is 7.54. The molecule has 0 saturated heterocycles. The second-order valence-corrected chi connectivity index (χ2v) is 5.81. The number of rotatable bonds is 2. The summed E-state index contributed by atoms with van der Waals surface area (Å²) in [6.45, 7) is 1.82. The van der Waals surface area contributed by atoms with Crippen LogP contribution in [0.4, 0.5) is 0 Å². The van der Waals surface area contributed by atoms with Crippen LogP contribution in [0, 0.1) is 6.92 Å². The number of ether oxygens (including phenoxy) is 1. The van der Waals surface area contributed by atoms with Crippen molar-refractivity contribution in [2.24, 2.45) is 0 Å². The van der Waals surface area contributed by atoms with Crippen molar-refractivity contribution < 1.29 is 9.53 Å². The van der Waals surface area contributed by atoms with Gasteiger partial charge < -0.3 is 4.74 Å². The lowest BCUT2D eigenvalue weighted by atomic mass is 9.82. The van der Waals surface area contributed by atoms with Crippen LogP contribution in [0.25, 0.3) is 5.78 Å². The molecule has 0 amide bonds. The molecule has 0 radical (unpaired) electrons. The Labute approximate surface area is 133 Å². The van der Waals surface area contributed by atoms with Crippen molar-refractivity contribution in [3.63, 3.8) is 0 Å². The Bertz CT molecular complexity index is 899. The van der Waals surface area contributed by atoms with Gasteiger partial charge in [0.25, 0.3) is 5.78 Å². The molecule has 4 rings (SSSR count). The number of methoxy groups -OCH3 is 1. The molecular formula is C17H16N4O2. The molecule has 1 unspecified atom stereocenters. The summed E-state index contributed by atoms with van der Waals surface area (Å²) in [7, 11) is 1.64. The van der Waals surface area contributed by atoms with Gasteiger partial charge >= 0.3 is 0 Å². The maximum Gasteiger partial charge on any atom is 0.252 e. The second kappa shape index (κ2) is 5.15. The molecule has 2 heterocycles. The zero-order chi connectivity index (χ0) is 16.0. The number of nitrogens with zero attached hydrogens (tertiary/aromatic N) is 4. The number of aromatic nitrogens is 4. The van der Waals surface area contributed by atoms with Crippen LogP contribution in [0.5, 0.6) is 5.75 Å². The molecule has 6 heteroatoms. The summed E-state index contributed by atoms with van der Waals surface area (Å²) in [5, 5.41) is 4.23. The zero-order valence-corrected chi connectivity index (χ0v) is 13.0. The van der Waals surface area contributed by atoms with E-state index < -0.39 is 0 Å². The van der Waals surface area contributed by atoms with Crippen LogP contribution in [-0.2, 0) is 6.42 Å². The lowest BCUT2D eigenvalue weighted by molar-refractivity contribution is 0.0962. The monoisotopic (exact) mass is 308 g/mol. The average Bonchev–Trinajstić information content (AvgIpc) is 2.92. The Morgan fingerprint density at radius 3 is 2.70 bits per heavy atom. The number of hydrogen-bond donors (Lipinski definition) is 0. The molecule has 2 aromatic heterocycles. The number of ketones is 1. The molecule has 23 heavy (non-hydrogen) atoms. The number of Topliss-reactive ketones (excluding diaryl/α,β-unsaturated/α-hetero) is 1. The standard InChI is InChI=1S/C17H16N4O2/c1-10-18-17-19-15-7-12(11-3-5-13(23-2)6-4-11)8-16(22)14(15)9-21(17)20-10/h3-6,9,12H,7-8H2,1-2H3. The normalized spacial score (nSPS) is 17.3. The first kappa shape index (κ1) is 13.9. The minimum absolute atomic E-state index is 0.106. The fraction of sp³-hybridized carbons (Fsp3) is 0.294. The predicted octanol–water partition coefficient (Wildman–Crippen LogP) is 2.35. The summed E-state index contributed by atoms with van der Waals surface area (Å²) >= 11 is 0. The van der Waals surface area contributed by atoms with E-state index >= 15 is 0 Å². The smallest absolute Gasteiger partial charge is 0.252 e. The number of aryl methyl sites for hydroxylation is 1. The highest BCUT2D eigenvalue weighted by atomic mass is 16.5. The maximum absolute atomic E-state index is 12.5. The molecular weight excluding hydrogens is 292 g/mol. The highest BCUT2D eigenvalue weighted by molar-refractivity contribution is 5.98. The molecule has 1 aliphatic rings. The van der Waals surface area contributed by atoms with Crippen LogP contribution in [0.3, 0.4) is 0 Å². The Kier molecular flexibility index (Phi) is 3.11. The Morgan fingerprint density at radius 1 is 1.17 bits per heavy atom. The summed E-state index contributed by atoms with van der Waals surface area (Å²) in [5.41, 5.74) is 2.60. The largest absolute Gasteiger partial charge is 0.497 e. The van der Waals surface area contributed by atoms with E-state index in [4.69, 9.17) is 4.74 Å². The number of hydrogen-bond acceptors (Lipinski definition) is 5. The van der Waals surface area contributed by atoms with Gasteiger partial charge in [-0.2, -0.15) is 10.1 Å². The van der Waals surface area contributed by atoms with E-state index in [1.165, 1.54) is 0 Å². The van der Waals surface area contributed by atoms with Gasteiger partial charge in [0.05, 0.1) is 18.4 Å². The van der Waals surface area contributed by atoms with Gasteiger partial charge in [-0.15, -0.1) is 0 Å². The number of benzene rings is 1. The van der Waals surface area contributed by atoms with Crippen molar-refractivity contribution in [3.05, 3.63) is 53.1 Å². The number of carbonyl (C=O) groups is 1. The van der Waals surface area contributed by atoms with Gasteiger partial charge in [-0.3, -0.25) is 4.79 Å². The Morgan fingerprint density at radius 2 is 1.96 bits per heavy atom. The van der Waals surface area contributed by atoms with E-state index in [0.29, 0.717) is 23.6 Å².